The molecule has 2 aromatic carbocycles. The molecule has 0 spiro atoms. The number of carbonyl (C=O) groups excluding carboxylic acids is 2. The third kappa shape index (κ3) is 5.22. The summed E-state index contributed by atoms with van der Waals surface area (Å²) >= 11 is 13.1. The van der Waals surface area contributed by atoms with Gasteiger partial charge in [0.25, 0.3) is 15.9 Å². The van der Waals surface area contributed by atoms with Crippen LogP contribution in [0, 0.1) is 0 Å². The number of thiazole rings is 1. The Hall–Kier alpha value is -2.86. The van der Waals surface area contributed by atoms with E-state index in [2.05, 4.69) is 15.0 Å². The van der Waals surface area contributed by atoms with Crippen LogP contribution in [-0.4, -0.2) is 38.1 Å². The number of anilines is 3. The predicted octanol–water partition coefficient (Wildman–Crippen LogP) is 5.10. The van der Waals surface area contributed by atoms with Gasteiger partial charge in [0.15, 0.2) is 11.2 Å². The summed E-state index contributed by atoms with van der Waals surface area (Å²) in [7, 11) is -3.80. The van der Waals surface area contributed by atoms with E-state index in [1.165, 1.54) is 35.4 Å². The van der Waals surface area contributed by atoms with Gasteiger partial charge in [-0.1, -0.05) is 29.3 Å². The number of ether oxygens (including phenoxy) is 1. The molecule has 0 unspecified atom stereocenters. The first-order chi connectivity index (χ1) is 15.7. The standard InChI is InChI=1S/C20H16Cl2N4O5S2.2H2/c21-14-2-1-3-15(17(14)22)24-20(28)31-16-8-10-26(18(16)27)12-4-6-13(7-5-12)33(29,30)25-19-23-9-11-32-19;;/h1-7,9,11,16H,8,10H2,(H,23,25)(H,24,28);2*1H/t16-;;/m0../s1. The summed E-state index contributed by atoms with van der Waals surface area (Å²) < 4.78 is 32.6. The van der Waals surface area contributed by atoms with Crippen LogP contribution in [0.5, 0.6) is 0 Å². The minimum Gasteiger partial charge on any atom is -0.436 e. The highest BCUT2D eigenvalue weighted by atomic mass is 35.5. The molecule has 0 radical (unpaired) electrons. The van der Waals surface area contributed by atoms with Crippen LogP contribution < -0.4 is 14.9 Å². The van der Waals surface area contributed by atoms with Crippen LogP contribution >= 0.6 is 34.5 Å². The first-order valence-corrected chi connectivity index (χ1v) is 12.6. The van der Waals surface area contributed by atoms with Gasteiger partial charge >= 0.3 is 6.09 Å². The highest BCUT2D eigenvalue weighted by Crippen LogP contribution is 2.30. The molecule has 13 heteroatoms. The Morgan fingerprint density at radius 2 is 1.97 bits per heavy atom. The lowest BCUT2D eigenvalue weighted by Gasteiger charge is -2.17. The number of amides is 2. The maximum Gasteiger partial charge on any atom is 0.412 e. The van der Waals surface area contributed by atoms with Crippen LogP contribution in [0.3, 0.4) is 0 Å². The molecule has 33 heavy (non-hydrogen) atoms. The van der Waals surface area contributed by atoms with Crippen molar-refractivity contribution in [2.75, 3.05) is 21.5 Å². The zero-order valence-corrected chi connectivity index (χ0v) is 19.8. The van der Waals surface area contributed by atoms with E-state index in [-0.39, 0.29) is 35.0 Å². The number of carbonyl (C=O) groups is 2. The SMILES string of the molecule is O=C(Nc1cccc(Cl)c1Cl)O[C@H]1CCN(c2ccc(S(=O)(=O)Nc3nccs3)cc2)C1=O.[HH].[HH]. The van der Waals surface area contributed by atoms with Gasteiger partial charge in [0.2, 0.25) is 0 Å². The topological polar surface area (TPSA) is 118 Å². The lowest BCUT2D eigenvalue weighted by molar-refractivity contribution is -0.124. The fraction of sp³-hybridized carbons (Fsp3) is 0.150. The average Bonchev–Trinajstić information content (AvgIpc) is 3.41. The molecule has 176 valence electrons. The number of hydrogen-bond acceptors (Lipinski definition) is 7. The van der Waals surface area contributed by atoms with E-state index in [0.29, 0.717) is 12.2 Å². The second-order valence-corrected chi connectivity index (χ2v) is 10.2. The number of benzene rings is 2. The summed E-state index contributed by atoms with van der Waals surface area (Å²) in [5, 5.41) is 4.81. The normalized spacial score (nSPS) is 16.0. The van der Waals surface area contributed by atoms with Crippen LogP contribution in [-0.2, 0) is 19.6 Å². The summed E-state index contributed by atoms with van der Waals surface area (Å²) in [6.45, 7) is 0.304. The van der Waals surface area contributed by atoms with Crippen molar-refractivity contribution in [3.63, 3.8) is 0 Å². The number of nitrogens with one attached hydrogen (secondary N) is 2. The Morgan fingerprint density at radius 1 is 1.21 bits per heavy atom. The molecule has 1 saturated heterocycles. The second kappa shape index (κ2) is 9.56. The highest BCUT2D eigenvalue weighted by molar-refractivity contribution is 7.93. The first-order valence-electron chi connectivity index (χ1n) is 9.50. The molecule has 0 aliphatic carbocycles. The van der Waals surface area contributed by atoms with E-state index in [4.69, 9.17) is 27.9 Å². The lowest BCUT2D eigenvalue weighted by Crippen LogP contribution is -2.33. The molecule has 2 heterocycles. The van der Waals surface area contributed by atoms with E-state index < -0.39 is 28.1 Å². The second-order valence-electron chi connectivity index (χ2n) is 6.84. The number of halogens is 2. The van der Waals surface area contributed by atoms with Crippen LogP contribution in [0.1, 0.15) is 9.27 Å². The Kier molecular flexibility index (Phi) is 6.75. The number of rotatable bonds is 6. The zero-order valence-electron chi connectivity index (χ0n) is 16.7. The van der Waals surface area contributed by atoms with Gasteiger partial charge in [-0.3, -0.25) is 14.8 Å². The van der Waals surface area contributed by atoms with Crippen molar-refractivity contribution in [3.05, 3.63) is 64.1 Å². The smallest absolute Gasteiger partial charge is 0.412 e. The first kappa shape index (κ1) is 23.3. The van der Waals surface area contributed by atoms with Gasteiger partial charge < -0.3 is 9.64 Å². The fourth-order valence-electron chi connectivity index (χ4n) is 3.14. The number of aromatic nitrogens is 1. The Labute approximate surface area is 206 Å². The van der Waals surface area contributed by atoms with Crippen LogP contribution in [0.15, 0.2) is 58.9 Å². The summed E-state index contributed by atoms with van der Waals surface area (Å²) in [6.07, 6.45) is -0.0549. The van der Waals surface area contributed by atoms with Crippen LogP contribution in [0.25, 0.3) is 0 Å². The monoisotopic (exact) mass is 530 g/mol. The van der Waals surface area contributed by atoms with E-state index in [1.54, 1.807) is 23.6 Å². The molecule has 1 aliphatic rings. The molecule has 9 nitrogen and oxygen atoms in total. The van der Waals surface area contributed by atoms with Crippen molar-refractivity contribution >= 4 is 73.1 Å². The van der Waals surface area contributed by atoms with Crippen molar-refractivity contribution in [2.45, 2.75) is 17.4 Å². The Morgan fingerprint density at radius 3 is 2.67 bits per heavy atom. The Bertz CT molecular complexity index is 1300. The molecule has 2 amide bonds. The molecule has 3 aromatic rings. The van der Waals surface area contributed by atoms with E-state index in [0.717, 1.165) is 11.3 Å². The summed E-state index contributed by atoms with van der Waals surface area (Å²) in [5.74, 6) is -0.418. The van der Waals surface area contributed by atoms with E-state index in [1.807, 2.05) is 0 Å². The van der Waals surface area contributed by atoms with E-state index >= 15 is 0 Å². The number of nitrogens with zero attached hydrogens (tertiary/aromatic N) is 2. The maximum absolute atomic E-state index is 12.7. The third-order valence-electron chi connectivity index (χ3n) is 4.71. The van der Waals surface area contributed by atoms with Crippen molar-refractivity contribution in [1.82, 2.24) is 4.98 Å². The van der Waals surface area contributed by atoms with E-state index in [9.17, 15) is 18.0 Å². The fourth-order valence-corrected chi connectivity index (χ4v) is 5.28. The summed E-state index contributed by atoms with van der Waals surface area (Å²) in [6, 6.07) is 10.6. The summed E-state index contributed by atoms with van der Waals surface area (Å²) in [5.41, 5.74) is 0.747. The summed E-state index contributed by atoms with van der Waals surface area (Å²) in [4.78, 5) is 30.3. The molecule has 0 saturated carbocycles. The number of hydrogen-bond donors (Lipinski definition) is 2. The molecule has 1 aromatic heterocycles. The minimum atomic E-state index is -3.80. The van der Waals surface area contributed by atoms with Gasteiger partial charge in [0, 0.05) is 33.1 Å². The average molecular weight is 531 g/mol. The predicted molar refractivity (Wildman–Crippen MR) is 131 cm³/mol. The van der Waals surface area contributed by atoms with Gasteiger partial charge in [0.05, 0.1) is 20.6 Å². The third-order valence-corrected chi connectivity index (χ3v) is 7.70. The van der Waals surface area contributed by atoms with Crippen LogP contribution in [0.4, 0.5) is 21.3 Å². The molecule has 1 atom stereocenters. The molecule has 2 N–H and O–H groups in total. The maximum atomic E-state index is 12.7. The minimum absolute atomic E-state index is 0. The van der Waals surface area contributed by atoms with Crippen LogP contribution in [0.2, 0.25) is 10.0 Å². The zero-order chi connectivity index (χ0) is 23.6. The van der Waals surface area contributed by atoms with Gasteiger partial charge in [-0.2, -0.15) is 0 Å². The number of sulfonamides is 1. The van der Waals surface area contributed by atoms with Gasteiger partial charge in [-0.05, 0) is 36.4 Å². The van der Waals surface area contributed by atoms with Gasteiger partial charge in [-0.25, -0.2) is 18.2 Å². The molecular weight excluding hydrogens is 511 g/mol. The molecule has 4 rings (SSSR count). The largest absolute Gasteiger partial charge is 0.436 e. The van der Waals surface area contributed by atoms with Crippen molar-refractivity contribution in [1.29, 1.82) is 0 Å². The lowest BCUT2D eigenvalue weighted by atomic mass is 10.3. The Balaban J connectivity index is 0.00000216. The highest BCUT2D eigenvalue weighted by Gasteiger charge is 2.35. The van der Waals surface area contributed by atoms with Gasteiger partial charge in [-0.15, -0.1) is 11.3 Å². The molecule has 1 aliphatic heterocycles. The molecular formula is C20H20Cl2N4O5S2. The van der Waals surface area contributed by atoms with Crippen molar-refractivity contribution in [2.24, 2.45) is 0 Å². The quantitative estimate of drug-likeness (QED) is 0.457. The van der Waals surface area contributed by atoms with Gasteiger partial charge in [0.1, 0.15) is 0 Å². The molecule has 0 bridgehead atoms. The van der Waals surface area contributed by atoms with Crippen molar-refractivity contribution < 1.29 is 25.6 Å². The van der Waals surface area contributed by atoms with Crippen molar-refractivity contribution in [3.8, 4) is 0 Å². The molecule has 1 fully saturated rings.